The van der Waals surface area contributed by atoms with Crippen LogP contribution >= 0.6 is 11.6 Å². The van der Waals surface area contributed by atoms with E-state index in [0.717, 1.165) is 11.1 Å². The van der Waals surface area contributed by atoms with Gasteiger partial charge in [0.2, 0.25) is 11.8 Å². The van der Waals surface area contributed by atoms with Gasteiger partial charge in [0.1, 0.15) is 0 Å². The van der Waals surface area contributed by atoms with Crippen LogP contribution in [-0.4, -0.2) is 21.6 Å². The summed E-state index contributed by atoms with van der Waals surface area (Å²) in [7, 11) is 0. The van der Waals surface area contributed by atoms with Crippen molar-refractivity contribution < 1.29 is 9.59 Å². The highest BCUT2D eigenvalue weighted by atomic mass is 35.5. The highest BCUT2D eigenvalue weighted by Crippen LogP contribution is 2.61. The molecule has 0 unspecified atom stereocenters. The smallest absolute Gasteiger partial charge is 0.244 e. The molecule has 2 atom stereocenters. The zero-order chi connectivity index (χ0) is 18.6. The summed E-state index contributed by atoms with van der Waals surface area (Å²) in [4.78, 5) is 27.4. The summed E-state index contributed by atoms with van der Waals surface area (Å²) >= 11 is 6.93. The molecule has 3 aliphatic carbocycles. The van der Waals surface area contributed by atoms with Gasteiger partial charge in [-0.05, 0) is 11.1 Å². The Morgan fingerprint density at radius 3 is 2.04 bits per heavy atom. The van der Waals surface area contributed by atoms with Crippen molar-refractivity contribution in [1.82, 2.24) is 4.90 Å². The first kappa shape index (κ1) is 16.5. The number of imide groups is 1. The van der Waals surface area contributed by atoms with Gasteiger partial charge in [-0.1, -0.05) is 85.0 Å². The number of amides is 2. The zero-order valence-corrected chi connectivity index (χ0v) is 15.3. The fourth-order valence-corrected chi connectivity index (χ4v) is 5.11. The van der Waals surface area contributed by atoms with Crippen LogP contribution in [0.25, 0.3) is 0 Å². The maximum absolute atomic E-state index is 13.4. The Hall–Kier alpha value is -2.65. The summed E-state index contributed by atoms with van der Waals surface area (Å²) in [6.45, 7) is 0.287. The maximum atomic E-state index is 13.4. The molecule has 2 aromatic carbocycles. The molecule has 2 aromatic rings. The minimum atomic E-state index is -0.928. The van der Waals surface area contributed by atoms with E-state index in [1.54, 1.807) is 0 Å². The van der Waals surface area contributed by atoms with Gasteiger partial charge in [0.15, 0.2) is 0 Å². The van der Waals surface area contributed by atoms with Crippen LogP contribution in [0.15, 0.2) is 85.0 Å². The largest absolute Gasteiger partial charge is 0.277 e. The van der Waals surface area contributed by atoms with Gasteiger partial charge in [-0.25, -0.2) is 0 Å². The molecular weight excluding hydrogens is 358 g/mol. The van der Waals surface area contributed by atoms with Gasteiger partial charge in [0.05, 0.1) is 22.8 Å². The minimum absolute atomic E-state index is 0.142. The van der Waals surface area contributed by atoms with Crippen molar-refractivity contribution in [2.24, 2.45) is 11.3 Å². The molecule has 2 amide bonds. The van der Waals surface area contributed by atoms with Gasteiger partial charge >= 0.3 is 0 Å². The molecule has 0 radical (unpaired) electrons. The first-order chi connectivity index (χ1) is 13.1. The van der Waals surface area contributed by atoms with Crippen molar-refractivity contribution in [2.75, 3.05) is 0 Å². The molecule has 27 heavy (non-hydrogen) atoms. The first-order valence-electron chi connectivity index (χ1n) is 9.09. The molecule has 4 heteroatoms. The number of carbonyl (C=O) groups excluding carboxylic acids is 2. The number of rotatable bonds is 3. The molecule has 3 nitrogen and oxygen atoms in total. The molecular formula is C23H18ClNO2. The average Bonchev–Trinajstić information content (AvgIpc) is 2.91. The van der Waals surface area contributed by atoms with E-state index in [0.29, 0.717) is 0 Å². The molecule has 0 saturated carbocycles. The fraction of sp³-hybridized carbons (Fsp3) is 0.217. The Bertz CT molecular complexity index is 966. The monoisotopic (exact) mass is 375 g/mol. The lowest BCUT2D eigenvalue weighted by Crippen LogP contribution is -2.49. The summed E-state index contributed by atoms with van der Waals surface area (Å²) in [5.41, 5.74) is 0.995. The number of hydrogen-bond donors (Lipinski definition) is 0. The first-order valence-corrected chi connectivity index (χ1v) is 9.47. The third-order valence-electron chi connectivity index (χ3n) is 6.04. The van der Waals surface area contributed by atoms with E-state index in [1.807, 2.05) is 85.0 Å². The number of benzene rings is 2. The summed E-state index contributed by atoms with van der Waals surface area (Å²) in [6.07, 6.45) is 7.46. The SMILES string of the molecule is O=C1[C@H]2[C@H](c3ccccc3)C3(Cl)C=CC2(C=C3)C(=O)N1Cc1ccccc1. The number of halogens is 1. The topological polar surface area (TPSA) is 37.4 Å². The molecule has 2 bridgehead atoms. The van der Waals surface area contributed by atoms with Gasteiger partial charge in [-0.15, -0.1) is 11.6 Å². The summed E-state index contributed by atoms with van der Waals surface area (Å²) in [5.74, 6) is -1.08. The maximum Gasteiger partial charge on any atom is 0.244 e. The predicted molar refractivity (Wildman–Crippen MR) is 104 cm³/mol. The quantitative estimate of drug-likeness (QED) is 0.461. The van der Waals surface area contributed by atoms with Crippen LogP contribution in [-0.2, 0) is 16.1 Å². The minimum Gasteiger partial charge on any atom is -0.277 e. The van der Waals surface area contributed by atoms with E-state index < -0.39 is 16.2 Å². The van der Waals surface area contributed by atoms with Gasteiger partial charge < -0.3 is 0 Å². The van der Waals surface area contributed by atoms with Crippen molar-refractivity contribution in [1.29, 1.82) is 0 Å². The number of likely N-dealkylation sites (tertiary alicyclic amines) is 1. The van der Waals surface area contributed by atoms with Gasteiger partial charge in [-0.3, -0.25) is 14.5 Å². The second kappa shape index (κ2) is 5.67. The van der Waals surface area contributed by atoms with Crippen LogP contribution in [0.2, 0.25) is 0 Å². The molecule has 1 aliphatic heterocycles. The number of carbonyl (C=O) groups is 2. The normalized spacial score (nSPS) is 33.6. The fourth-order valence-electron chi connectivity index (χ4n) is 4.74. The van der Waals surface area contributed by atoms with Crippen molar-refractivity contribution in [3.8, 4) is 0 Å². The Morgan fingerprint density at radius 1 is 0.815 bits per heavy atom. The number of hydrogen-bond acceptors (Lipinski definition) is 2. The standard InChI is InChI=1S/C23H18ClNO2/c24-23-13-11-22(12-14-23)19(18(23)17-9-5-2-6-10-17)20(26)25(21(22)27)15-16-7-3-1-4-8-16/h1-14,18-19H,15H2/t18-,19+,22?,23?/m0/s1. The second-order valence-electron chi connectivity index (χ2n) is 7.51. The molecule has 4 aliphatic rings. The van der Waals surface area contributed by atoms with Crippen LogP contribution < -0.4 is 0 Å². The number of nitrogens with zero attached hydrogens (tertiary/aromatic N) is 1. The zero-order valence-electron chi connectivity index (χ0n) is 14.6. The molecule has 1 saturated heterocycles. The Kier molecular flexibility index (Phi) is 3.47. The van der Waals surface area contributed by atoms with Crippen molar-refractivity contribution in [3.05, 3.63) is 96.1 Å². The molecule has 6 rings (SSSR count). The molecule has 1 fully saturated rings. The third-order valence-corrected chi connectivity index (χ3v) is 6.53. The predicted octanol–water partition coefficient (Wildman–Crippen LogP) is 4.06. The Labute approximate surface area is 162 Å². The van der Waals surface area contributed by atoms with Crippen LogP contribution in [0.1, 0.15) is 17.0 Å². The van der Waals surface area contributed by atoms with E-state index in [4.69, 9.17) is 11.6 Å². The molecule has 0 aromatic heterocycles. The third kappa shape index (κ3) is 2.21. The number of allylic oxidation sites excluding steroid dienone is 2. The summed E-state index contributed by atoms with van der Waals surface area (Å²) in [6, 6.07) is 19.4. The summed E-state index contributed by atoms with van der Waals surface area (Å²) in [5, 5.41) is 0. The van der Waals surface area contributed by atoms with Gasteiger partial charge in [0.25, 0.3) is 0 Å². The van der Waals surface area contributed by atoms with E-state index in [2.05, 4.69) is 0 Å². The lowest BCUT2D eigenvalue weighted by Gasteiger charge is -2.47. The van der Waals surface area contributed by atoms with Crippen LogP contribution in [0.3, 0.4) is 0 Å². The van der Waals surface area contributed by atoms with Crippen molar-refractivity contribution >= 4 is 23.4 Å². The van der Waals surface area contributed by atoms with Gasteiger partial charge in [-0.2, -0.15) is 0 Å². The van der Waals surface area contributed by atoms with Crippen molar-refractivity contribution in [2.45, 2.75) is 17.3 Å². The van der Waals surface area contributed by atoms with E-state index in [1.165, 1.54) is 4.90 Å². The highest BCUT2D eigenvalue weighted by molar-refractivity contribution is 6.29. The van der Waals surface area contributed by atoms with E-state index in [-0.39, 0.29) is 24.3 Å². The Balaban J connectivity index is 1.61. The van der Waals surface area contributed by atoms with E-state index in [9.17, 15) is 9.59 Å². The lowest BCUT2D eigenvalue weighted by molar-refractivity contribution is -0.141. The van der Waals surface area contributed by atoms with Crippen molar-refractivity contribution in [3.63, 3.8) is 0 Å². The molecule has 1 heterocycles. The molecule has 0 N–H and O–H groups in total. The second-order valence-corrected chi connectivity index (χ2v) is 8.16. The average molecular weight is 376 g/mol. The van der Waals surface area contributed by atoms with Crippen LogP contribution in [0.4, 0.5) is 0 Å². The van der Waals surface area contributed by atoms with E-state index >= 15 is 0 Å². The molecule has 134 valence electrons. The Morgan fingerprint density at radius 2 is 1.41 bits per heavy atom. The van der Waals surface area contributed by atoms with Gasteiger partial charge in [0, 0.05) is 5.92 Å². The lowest BCUT2D eigenvalue weighted by atomic mass is 9.57. The van der Waals surface area contributed by atoms with Crippen LogP contribution in [0.5, 0.6) is 0 Å². The molecule has 1 spiro atoms. The summed E-state index contributed by atoms with van der Waals surface area (Å²) < 4.78 is 0. The number of alkyl halides is 1. The van der Waals surface area contributed by atoms with Crippen LogP contribution in [0, 0.1) is 11.3 Å². The highest BCUT2D eigenvalue weighted by Gasteiger charge is 2.66.